The smallest absolute Gasteiger partial charge is 0.335 e. The molecule has 2 aromatic carbocycles. The van der Waals surface area contributed by atoms with Crippen molar-refractivity contribution in [1.29, 1.82) is 0 Å². The molecule has 0 saturated carbocycles. The van der Waals surface area contributed by atoms with Crippen molar-refractivity contribution < 1.29 is 19.4 Å². The number of benzene rings is 2. The van der Waals surface area contributed by atoms with Crippen molar-refractivity contribution in [2.45, 2.75) is 26.7 Å². The third-order valence-electron chi connectivity index (χ3n) is 6.18. The molecule has 0 spiro atoms. The number of carboxylic acids is 1. The summed E-state index contributed by atoms with van der Waals surface area (Å²) in [4.78, 5) is 20.2. The zero-order valence-electron chi connectivity index (χ0n) is 21.8. The normalized spacial score (nSPS) is 11.6. The predicted octanol–water partition coefficient (Wildman–Crippen LogP) is 7.02. The van der Waals surface area contributed by atoms with Gasteiger partial charge in [0.25, 0.3) is 0 Å². The minimum atomic E-state index is -0.997. The van der Waals surface area contributed by atoms with Crippen LogP contribution in [-0.4, -0.2) is 40.9 Å². The second-order valence-electron chi connectivity index (χ2n) is 8.87. The number of rotatable bonds is 12. The first-order chi connectivity index (χ1) is 18.6. The fourth-order valence-electron chi connectivity index (χ4n) is 4.14. The van der Waals surface area contributed by atoms with Gasteiger partial charge in [-0.3, -0.25) is 9.97 Å². The molecule has 6 nitrogen and oxygen atoms in total. The molecule has 0 bridgehead atoms. The molecule has 0 amide bonds. The number of aromatic nitrogens is 2. The molecule has 2 heterocycles. The number of unbranched alkanes of at least 4 members (excludes halogenated alkanes) is 1. The summed E-state index contributed by atoms with van der Waals surface area (Å²) in [6, 6.07) is 25.3. The van der Waals surface area contributed by atoms with Gasteiger partial charge in [-0.1, -0.05) is 55.8 Å². The van der Waals surface area contributed by atoms with Gasteiger partial charge in [0.2, 0.25) is 0 Å². The second-order valence-corrected chi connectivity index (χ2v) is 8.87. The van der Waals surface area contributed by atoms with E-state index < -0.39 is 5.97 Å². The van der Waals surface area contributed by atoms with E-state index in [9.17, 15) is 9.90 Å². The Hall–Kier alpha value is -4.29. The highest BCUT2D eigenvalue weighted by molar-refractivity contribution is 5.98. The standard InChI is InChI=1S/C32H32N2O4/c1-3-4-18-37-19-20-38-28-12-10-25(11-13-28)31(24-8-6-5-7-9-24)23(2)26-14-16-33-29(21-26)30-22-27(32(35)36)15-17-34-30/h5-17,21-22H,3-4,18-20H2,1-2H3,(H,35,36)/b31-23+. The lowest BCUT2D eigenvalue weighted by molar-refractivity contribution is 0.0696. The number of carboxylic acid groups (broad SMARTS) is 1. The van der Waals surface area contributed by atoms with Crippen molar-refractivity contribution in [3.05, 3.63) is 114 Å². The Labute approximate surface area is 223 Å². The van der Waals surface area contributed by atoms with Crippen molar-refractivity contribution in [3.8, 4) is 17.1 Å². The van der Waals surface area contributed by atoms with Crippen molar-refractivity contribution >= 4 is 17.1 Å². The van der Waals surface area contributed by atoms with E-state index in [1.54, 1.807) is 12.3 Å². The van der Waals surface area contributed by atoms with Gasteiger partial charge in [-0.2, -0.15) is 0 Å². The number of aromatic carboxylic acids is 1. The van der Waals surface area contributed by atoms with E-state index >= 15 is 0 Å². The van der Waals surface area contributed by atoms with Gasteiger partial charge in [0, 0.05) is 19.0 Å². The van der Waals surface area contributed by atoms with Crippen molar-refractivity contribution in [2.75, 3.05) is 19.8 Å². The number of carbonyl (C=O) groups is 1. The first kappa shape index (κ1) is 26.8. The minimum Gasteiger partial charge on any atom is -0.491 e. The van der Waals surface area contributed by atoms with E-state index in [2.05, 4.69) is 48.1 Å². The van der Waals surface area contributed by atoms with Crippen LogP contribution in [0, 0.1) is 0 Å². The van der Waals surface area contributed by atoms with E-state index in [4.69, 9.17) is 9.47 Å². The molecule has 38 heavy (non-hydrogen) atoms. The summed E-state index contributed by atoms with van der Waals surface area (Å²) in [6.07, 6.45) is 5.40. The molecule has 0 saturated heterocycles. The Morgan fingerprint density at radius 3 is 2.05 bits per heavy atom. The second kappa shape index (κ2) is 13.3. The van der Waals surface area contributed by atoms with Crippen LogP contribution in [0.25, 0.3) is 22.5 Å². The maximum Gasteiger partial charge on any atom is 0.335 e. The molecule has 0 unspecified atom stereocenters. The average Bonchev–Trinajstić information content (AvgIpc) is 2.96. The molecular formula is C32H32N2O4. The van der Waals surface area contributed by atoms with Crippen LogP contribution in [-0.2, 0) is 4.74 Å². The summed E-state index contributed by atoms with van der Waals surface area (Å²) < 4.78 is 11.4. The van der Waals surface area contributed by atoms with Crippen molar-refractivity contribution in [2.24, 2.45) is 0 Å². The van der Waals surface area contributed by atoms with Crippen molar-refractivity contribution in [3.63, 3.8) is 0 Å². The fourth-order valence-corrected chi connectivity index (χ4v) is 4.14. The van der Waals surface area contributed by atoms with Gasteiger partial charge in [0.15, 0.2) is 0 Å². The molecule has 0 aliphatic heterocycles. The van der Waals surface area contributed by atoms with Crippen LogP contribution in [0.2, 0.25) is 0 Å². The Morgan fingerprint density at radius 2 is 1.39 bits per heavy atom. The molecule has 0 radical (unpaired) electrons. The molecule has 0 fully saturated rings. The van der Waals surface area contributed by atoms with Gasteiger partial charge in [0.1, 0.15) is 12.4 Å². The van der Waals surface area contributed by atoms with E-state index in [1.165, 1.54) is 12.3 Å². The van der Waals surface area contributed by atoms with Crippen LogP contribution in [0.5, 0.6) is 5.75 Å². The summed E-state index contributed by atoms with van der Waals surface area (Å²) in [7, 11) is 0. The molecular weight excluding hydrogens is 476 g/mol. The highest BCUT2D eigenvalue weighted by atomic mass is 16.5. The van der Waals surface area contributed by atoms with E-state index in [0.29, 0.717) is 24.6 Å². The van der Waals surface area contributed by atoms with E-state index in [-0.39, 0.29) is 5.56 Å². The topological polar surface area (TPSA) is 81.5 Å². The lowest BCUT2D eigenvalue weighted by atomic mass is 9.90. The van der Waals surface area contributed by atoms with Crippen molar-refractivity contribution in [1.82, 2.24) is 9.97 Å². The molecule has 6 heteroatoms. The Morgan fingerprint density at radius 1 is 0.763 bits per heavy atom. The van der Waals surface area contributed by atoms with Gasteiger partial charge in [-0.25, -0.2) is 4.79 Å². The summed E-state index contributed by atoms with van der Waals surface area (Å²) in [6.45, 7) is 6.08. The van der Waals surface area contributed by atoms with Gasteiger partial charge in [0.05, 0.1) is 23.6 Å². The number of hydrogen-bond acceptors (Lipinski definition) is 5. The molecule has 2 aromatic heterocycles. The fraction of sp³-hybridized carbons (Fsp3) is 0.219. The Kier molecular flexibility index (Phi) is 9.37. The summed E-state index contributed by atoms with van der Waals surface area (Å²) in [5.41, 5.74) is 6.58. The van der Waals surface area contributed by atoms with Crippen LogP contribution in [0.1, 0.15) is 53.7 Å². The van der Waals surface area contributed by atoms with Gasteiger partial charge in [-0.15, -0.1) is 0 Å². The minimum absolute atomic E-state index is 0.175. The largest absolute Gasteiger partial charge is 0.491 e. The number of pyridine rings is 2. The highest BCUT2D eigenvalue weighted by Crippen LogP contribution is 2.33. The SMILES string of the molecule is CCCCOCCOc1ccc(/C(=C(\C)c2ccnc(-c3cc(C(=O)O)ccn3)c2)c2ccccc2)cc1. The number of allylic oxidation sites excluding steroid dienone is 1. The number of hydrogen-bond donors (Lipinski definition) is 1. The molecule has 4 aromatic rings. The maximum atomic E-state index is 11.4. The molecule has 1 N–H and O–H groups in total. The van der Waals surface area contributed by atoms with Crippen LogP contribution in [0.3, 0.4) is 0 Å². The van der Waals surface area contributed by atoms with Gasteiger partial charge >= 0.3 is 5.97 Å². The first-order valence-electron chi connectivity index (χ1n) is 12.8. The molecule has 0 aliphatic carbocycles. The van der Waals surface area contributed by atoms with E-state index in [1.807, 2.05) is 42.5 Å². The van der Waals surface area contributed by atoms with E-state index in [0.717, 1.165) is 53.0 Å². The Bertz CT molecular complexity index is 1380. The average molecular weight is 509 g/mol. The summed E-state index contributed by atoms with van der Waals surface area (Å²) in [5, 5.41) is 9.36. The van der Waals surface area contributed by atoms with Crippen LogP contribution < -0.4 is 4.74 Å². The summed E-state index contributed by atoms with van der Waals surface area (Å²) in [5.74, 6) is -0.197. The maximum absolute atomic E-state index is 11.4. The van der Waals surface area contributed by atoms with Crippen LogP contribution in [0.15, 0.2) is 91.3 Å². The highest BCUT2D eigenvalue weighted by Gasteiger charge is 2.13. The number of nitrogens with zero attached hydrogens (tertiary/aromatic N) is 2. The lowest BCUT2D eigenvalue weighted by Crippen LogP contribution is -2.07. The zero-order chi connectivity index (χ0) is 26.7. The monoisotopic (exact) mass is 508 g/mol. The molecule has 4 rings (SSSR count). The van der Waals surface area contributed by atoms with Crippen LogP contribution >= 0.6 is 0 Å². The van der Waals surface area contributed by atoms with Crippen LogP contribution in [0.4, 0.5) is 0 Å². The third-order valence-corrected chi connectivity index (χ3v) is 6.18. The zero-order valence-corrected chi connectivity index (χ0v) is 21.8. The molecule has 194 valence electrons. The first-order valence-corrected chi connectivity index (χ1v) is 12.8. The number of ether oxygens (including phenoxy) is 2. The quantitative estimate of drug-likeness (QED) is 0.207. The summed E-state index contributed by atoms with van der Waals surface area (Å²) >= 11 is 0. The molecule has 0 aliphatic rings. The molecule has 0 atom stereocenters. The third kappa shape index (κ3) is 6.93. The predicted molar refractivity (Wildman–Crippen MR) is 150 cm³/mol. The van der Waals surface area contributed by atoms with Gasteiger partial charge in [-0.05, 0) is 77.6 Å². The van der Waals surface area contributed by atoms with Gasteiger partial charge < -0.3 is 14.6 Å². The lowest BCUT2D eigenvalue weighted by Gasteiger charge is -2.15. The Balaban J connectivity index is 1.64.